The van der Waals surface area contributed by atoms with Gasteiger partial charge in [-0.3, -0.25) is 9.59 Å². The predicted molar refractivity (Wildman–Crippen MR) is 83.9 cm³/mol. The second-order valence-electron chi connectivity index (χ2n) is 4.86. The van der Waals surface area contributed by atoms with E-state index < -0.39 is 0 Å². The molecule has 0 unspecified atom stereocenters. The maximum absolute atomic E-state index is 11.3. The van der Waals surface area contributed by atoms with Crippen LogP contribution in [0.15, 0.2) is 25.3 Å². The normalized spacial score (nSPS) is 9.90. The van der Waals surface area contributed by atoms with Gasteiger partial charge >= 0.3 is 11.9 Å². The summed E-state index contributed by atoms with van der Waals surface area (Å²) in [6, 6.07) is 0. The van der Waals surface area contributed by atoms with Gasteiger partial charge in [-0.15, -0.1) is 13.2 Å². The Balaban J connectivity index is 3.28. The topological polar surface area (TPSA) is 52.6 Å². The van der Waals surface area contributed by atoms with Crippen molar-refractivity contribution in [3.8, 4) is 0 Å². The Kier molecular flexibility index (Phi) is 13.7. The van der Waals surface area contributed by atoms with E-state index in [4.69, 9.17) is 9.47 Å². The van der Waals surface area contributed by atoms with Crippen molar-refractivity contribution in [1.82, 2.24) is 0 Å². The Hall–Kier alpha value is -1.58. The third kappa shape index (κ3) is 14.6. The van der Waals surface area contributed by atoms with Gasteiger partial charge in [0.25, 0.3) is 0 Å². The molecule has 0 saturated carbocycles. The molecule has 0 spiro atoms. The standard InChI is InChI=1S/C17H28O4/c1-3-5-14-20-16(18)12-10-8-7-9-11-13-17(19)21-15-6-4-2/h3-4H,1-2,5-15H2. The molecule has 0 bridgehead atoms. The highest BCUT2D eigenvalue weighted by Crippen LogP contribution is 2.08. The van der Waals surface area contributed by atoms with Crippen LogP contribution in [0.3, 0.4) is 0 Å². The van der Waals surface area contributed by atoms with Crippen molar-refractivity contribution in [2.45, 2.75) is 57.8 Å². The van der Waals surface area contributed by atoms with Crippen molar-refractivity contribution in [2.75, 3.05) is 13.2 Å². The van der Waals surface area contributed by atoms with E-state index in [-0.39, 0.29) is 11.9 Å². The molecule has 0 saturated heterocycles. The van der Waals surface area contributed by atoms with Crippen LogP contribution in [0.1, 0.15) is 57.8 Å². The summed E-state index contributed by atoms with van der Waals surface area (Å²) >= 11 is 0. The lowest BCUT2D eigenvalue weighted by molar-refractivity contribution is -0.144. The number of carbonyl (C=O) groups excluding carboxylic acids is 2. The molecule has 0 aromatic heterocycles. The van der Waals surface area contributed by atoms with E-state index in [0.29, 0.717) is 38.9 Å². The number of unbranched alkanes of at least 4 members (excludes halogenated alkanes) is 4. The second kappa shape index (κ2) is 14.8. The highest BCUT2D eigenvalue weighted by Gasteiger charge is 2.03. The third-order valence-corrected chi connectivity index (χ3v) is 2.93. The fourth-order valence-corrected chi connectivity index (χ4v) is 1.73. The zero-order valence-electron chi connectivity index (χ0n) is 13.0. The fraction of sp³-hybridized carbons (Fsp3) is 0.647. The number of rotatable bonds is 14. The van der Waals surface area contributed by atoms with Crippen LogP contribution in [-0.2, 0) is 19.1 Å². The van der Waals surface area contributed by atoms with Gasteiger partial charge in [0, 0.05) is 12.8 Å². The Bertz CT molecular complexity index is 280. The van der Waals surface area contributed by atoms with Crippen molar-refractivity contribution < 1.29 is 19.1 Å². The highest BCUT2D eigenvalue weighted by molar-refractivity contribution is 5.69. The molecular weight excluding hydrogens is 268 g/mol. The molecular formula is C17H28O4. The molecule has 120 valence electrons. The van der Waals surface area contributed by atoms with Crippen LogP contribution < -0.4 is 0 Å². The number of ether oxygens (including phenoxy) is 2. The van der Waals surface area contributed by atoms with Crippen LogP contribution in [-0.4, -0.2) is 25.2 Å². The Morgan fingerprint density at radius 1 is 0.714 bits per heavy atom. The summed E-state index contributed by atoms with van der Waals surface area (Å²) in [6.07, 6.45) is 10.5. The van der Waals surface area contributed by atoms with Crippen molar-refractivity contribution in [3.05, 3.63) is 25.3 Å². The van der Waals surface area contributed by atoms with E-state index in [2.05, 4.69) is 13.2 Å². The lowest BCUT2D eigenvalue weighted by Gasteiger charge is -2.04. The fourth-order valence-electron chi connectivity index (χ4n) is 1.73. The number of hydrogen-bond donors (Lipinski definition) is 0. The maximum Gasteiger partial charge on any atom is 0.305 e. The zero-order valence-corrected chi connectivity index (χ0v) is 13.0. The molecule has 0 aliphatic carbocycles. The molecule has 0 rings (SSSR count). The highest BCUT2D eigenvalue weighted by atomic mass is 16.5. The molecule has 0 heterocycles. The lowest BCUT2D eigenvalue weighted by atomic mass is 10.1. The minimum atomic E-state index is -0.136. The Labute approximate surface area is 128 Å². The molecule has 0 aliphatic rings. The van der Waals surface area contributed by atoms with Crippen LogP contribution in [0.2, 0.25) is 0 Å². The van der Waals surface area contributed by atoms with E-state index in [1.54, 1.807) is 12.2 Å². The zero-order chi connectivity index (χ0) is 15.8. The van der Waals surface area contributed by atoms with Gasteiger partial charge in [0.05, 0.1) is 13.2 Å². The molecule has 0 aliphatic heterocycles. The van der Waals surface area contributed by atoms with E-state index in [9.17, 15) is 9.59 Å². The van der Waals surface area contributed by atoms with Crippen molar-refractivity contribution in [1.29, 1.82) is 0 Å². The number of carbonyl (C=O) groups is 2. The Morgan fingerprint density at radius 3 is 1.48 bits per heavy atom. The molecule has 0 N–H and O–H groups in total. The smallest absolute Gasteiger partial charge is 0.305 e. The summed E-state index contributed by atoms with van der Waals surface area (Å²) in [5.74, 6) is -0.273. The second-order valence-corrected chi connectivity index (χ2v) is 4.86. The molecule has 0 radical (unpaired) electrons. The first kappa shape index (κ1) is 19.4. The van der Waals surface area contributed by atoms with Gasteiger partial charge in [-0.1, -0.05) is 31.4 Å². The summed E-state index contributed by atoms with van der Waals surface area (Å²) in [5, 5.41) is 0. The average molecular weight is 296 g/mol. The minimum absolute atomic E-state index is 0.136. The van der Waals surface area contributed by atoms with Crippen LogP contribution in [0, 0.1) is 0 Å². The molecule has 0 fully saturated rings. The van der Waals surface area contributed by atoms with E-state index in [1.807, 2.05) is 0 Å². The molecule has 21 heavy (non-hydrogen) atoms. The van der Waals surface area contributed by atoms with Crippen molar-refractivity contribution >= 4 is 11.9 Å². The van der Waals surface area contributed by atoms with Gasteiger partial charge in [0.15, 0.2) is 0 Å². The number of esters is 2. The van der Waals surface area contributed by atoms with Gasteiger partial charge in [0.2, 0.25) is 0 Å². The molecule has 0 aromatic rings. The summed E-state index contributed by atoms with van der Waals surface area (Å²) < 4.78 is 10.0. The van der Waals surface area contributed by atoms with Crippen LogP contribution in [0.4, 0.5) is 0 Å². The minimum Gasteiger partial charge on any atom is -0.465 e. The van der Waals surface area contributed by atoms with Crippen LogP contribution >= 0.6 is 0 Å². The third-order valence-electron chi connectivity index (χ3n) is 2.93. The van der Waals surface area contributed by atoms with Gasteiger partial charge in [-0.2, -0.15) is 0 Å². The largest absolute Gasteiger partial charge is 0.465 e. The lowest BCUT2D eigenvalue weighted by Crippen LogP contribution is -2.05. The number of hydrogen-bond acceptors (Lipinski definition) is 4. The van der Waals surface area contributed by atoms with E-state index in [0.717, 1.165) is 32.1 Å². The summed E-state index contributed by atoms with van der Waals surface area (Å²) in [4.78, 5) is 22.6. The molecule has 0 amide bonds. The van der Waals surface area contributed by atoms with E-state index >= 15 is 0 Å². The summed E-state index contributed by atoms with van der Waals surface area (Å²) in [5.41, 5.74) is 0. The summed E-state index contributed by atoms with van der Waals surface area (Å²) in [6.45, 7) is 7.99. The van der Waals surface area contributed by atoms with Crippen molar-refractivity contribution in [2.24, 2.45) is 0 Å². The quantitative estimate of drug-likeness (QED) is 0.277. The average Bonchev–Trinajstić information content (AvgIpc) is 2.47. The van der Waals surface area contributed by atoms with Gasteiger partial charge < -0.3 is 9.47 Å². The first-order chi connectivity index (χ1) is 10.2. The SMILES string of the molecule is C=CCCOC(=O)CCCCCCCC(=O)OCCC=C. The molecule has 0 atom stereocenters. The van der Waals surface area contributed by atoms with Crippen LogP contribution in [0.25, 0.3) is 0 Å². The molecule has 4 nitrogen and oxygen atoms in total. The summed E-state index contributed by atoms with van der Waals surface area (Å²) in [7, 11) is 0. The molecule has 0 aromatic carbocycles. The monoisotopic (exact) mass is 296 g/mol. The maximum atomic E-state index is 11.3. The van der Waals surface area contributed by atoms with Crippen LogP contribution in [0.5, 0.6) is 0 Å². The van der Waals surface area contributed by atoms with Gasteiger partial charge in [0.1, 0.15) is 0 Å². The molecule has 4 heteroatoms. The van der Waals surface area contributed by atoms with Gasteiger partial charge in [-0.05, 0) is 25.7 Å². The Morgan fingerprint density at radius 2 is 1.10 bits per heavy atom. The van der Waals surface area contributed by atoms with Gasteiger partial charge in [-0.25, -0.2) is 0 Å². The first-order valence-electron chi connectivity index (χ1n) is 7.73. The van der Waals surface area contributed by atoms with Crippen molar-refractivity contribution in [3.63, 3.8) is 0 Å². The van der Waals surface area contributed by atoms with E-state index in [1.165, 1.54) is 0 Å². The predicted octanol–water partition coefficient (Wildman–Crippen LogP) is 3.96. The first-order valence-corrected chi connectivity index (χ1v) is 7.73.